The summed E-state index contributed by atoms with van der Waals surface area (Å²) in [4.78, 5) is 0. The lowest BCUT2D eigenvalue weighted by Gasteiger charge is -2.15. The molecule has 0 radical (unpaired) electrons. The molecule has 1 atom stereocenters. The van der Waals surface area contributed by atoms with Crippen LogP contribution < -0.4 is 10.1 Å². The molecule has 3 rings (SSSR count). The van der Waals surface area contributed by atoms with Gasteiger partial charge in [-0.2, -0.15) is 0 Å². The van der Waals surface area contributed by atoms with Crippen LogP contribution in [0.25, 0.3) is 0 Å². The smallest absolute Gasteiger partial charge is 0.159 e. The van der Waals surface area contributed by atoms with Gasteiger partial charge in [-0.25, -0.2) is 8.78 Å². The zero-order chi connectivity index (χ0) is 18.4. The number of ether oxygens (including phenoxy) is 1. The lowest BCUT2D eigenvalue weighted by atomic mass is 10.1. The fraction of sp³-hybridized carbons (Fsp3) is 0.182. The monoisotopic (exact) mass is 353 g/mol. The third-order valence-electron chi connectivity index (χ3n) is 4.20. The fourth-order valence-electron chi connectivity index (χ4n) is 2.66. The van der Waals surface area contributed by atoms with Crippen molar-refractivity contribution in [3.8, 4) is 5.75 Å². The van der Waals surface area contributed by atoms with E-state index in [-0.39, 0.29) is 6.04 Å². The first-order valence-corrected chi connectivity index (χ1v) is 8.56. The molecule has 0 heterocycles. The van der Waals surface area contributed by atoms with Gasteiger partial charge in [-0.15, -0.1) is 0 Å². The Morgan fingerprint density at radius 2 is 1.62 bits per heavy atom. The number of halogens is 2. The van der Waals surface area contributed by atoms with Crippen molar-refractivity contribution in [3.05, 3.63) is 101 Å². The molecule has 3 aromatic rings. The van der Waals surface area contributed by atoms with Crippen LogP contribution in [0.15, 0.2) is 72.8 Å². The Labute approximate surface area is 152 Å². The van der Waals surface area contributed by atoms with Crippen molar-refractivity contribution >= 4 is 0 Å². The molecular formula is C22H21F2NO. The van der Waals surface area contributed by atoms with Gasteiger partial charge in [-0.05, 0) is 47.9 Å². The van der Waals surface area contributed by atoms with Crippen molar-refractivity contribution in [1.82, 2.24) is 5.32 Å². The standard InChI is InChI=1S/C22H21F2NO/c1-16(19-10-11-21(23)22(24)13-19)25-14-18-8-5-9-20(12-18)26-15-17-6-3-2-4-7-17/h2-13,16,25H,14-15H2,1H3. The average molecular weight is 353 g/mol. The molecule has 0 aliphatic carbocycles. The van der Waals surface area contributed by atoms with E-state index in [9.17, 15) is 8.78 Å². The molecule has 1 unspecified atom stereocenters. The van der Waals surface area contributed by atoms with E-state index in [2.05, 4.69) is 5.32 Å². The van der Waals surface area contributed by atoms with Crippen molar-refractivity contribution in [2.24, 2.45) is 0 Å². The van der Waals surface area contributed by atoms with Crippen LogP contribution in [-0.4, -0.2) is 0 Å². The van der Waals surface area contributed by atoms with Gasteiger partial charge in [0.1, 0.15) is 12.4 Å². The molecule has 1 N–H and O–H groups in total. The predicted octanol–water partition coefficient (Wildman–Crippen LogP) is 5.39. The Morgan fingerprint density at radius 1 is 0.846 bits per heavy atom. The number of nitrogens with one attached hydrogen (secondary N) is 1. The molecule has 4 heteroatoms. The molecule has 0 fully saturated rings. The Hall–Kier alpha value is -2.72. The average Bonchev–Trinajstić information content (AvgIpc) is 2.68. The van der Waals surface area contributed by atoms with E-state index in [0.717, 1.165) is 22.9 Å². The minimum atomic E-state index is -0.829. The summed E-state index contributed by atoms with van der Waals surface area (Å²) >= 11 is 0. The summed E-state index contributed by atoms with van der Waals surface area (Å²) in [7, 11) is 0. The zero-order valence-corrected chi connectivity index (χ0v) is 14.6. The molecule has 0 aromatic heterocycles. The molecule has 0 amide bonds. The second-order valence-corrected chi connectivity index (χ2v) is 6.20. The fourth-order valence-corrected chi connectivity index (χ4v) is 2.66. The summed E-state index contributed by atoms with van der Waals surface area (Å²) in [6, 6.07) is 21.7. The van der Waals surface area contributed by atoms with Crippen molar-refractivity contribution in [1.29, 1.82) is 0 Å². The quantitative estimate of drug-likeness (QED) is 0.614. The molecule has 2 nitrogen and oxygen atoms in total. The minimum absolute atomic E-state index is 0.0982. The summed E-state index contributed by atoms with van der Waals surface area (Å²) in [5.41, 5.74) is 2.88. The normalized spacial score (nSPS) is 12.0. The molecule has 26 heavy (non-hydrogen) atoms. The van der Waals surface area contributed by atoms with E-state index in [1.54, 1.807) is 6.07 Å². The molecule has 0 spiro atoms. The van der Waals surface area contributed by atoms with Crippen molar-refractivity contribution < 1.29 is 13.5 Å². The zero-order valence-electron chi connectivity index (χ0n) is 14.6. The lowest BCUT2D eigenvalue weighted by molar-refractivity contribution is 0.306. The number of rotatable bonds is 7. The van der Waals surface area contributed by atoms with Crippen LogP contribution in [0.4, 0.5) is 8.78 Å². The van der Waals surface area contributed by atoms with Gasteiger partial charge in [0.15, 0.2) is 11.6 Å². The molecular weight excluding hydrogens is 332 g/mol. The summed E-state index contributed by atoms with van der Waals surface area (Å²) in [6.07, 6.45) is 0. The van der Waals surface area contributed by atoms with E-state index < -0.39 is 11.6 Å². The van der Waals surface area contributed by atoms with Gasteiger partial charge >= 0.3 is 0 Å². The Balaban J connectivity index is 1.57. The first kappa shape index (κ1) is 18.1. The first-order valence-electron chi connectivity index (χ1n) is 8.56. The largest absolute Gasteiger partial charge is 0.489 e. The SMILES string of the molecule is CC(NCc1cccc(OCc2ccccc2)c1)c1ccc(F)c(F)c1. The highest BCUT2D eigenvalue weighted by Crippen LogP contribution is 2.18. The topological polar surface area (TPSA) is 21.3 Å². The maximum absolute atomic E-state index is 13.4. The van der Waals surface area contributed by atoms with Crippen LogP contribution in [0.3, 0.4) is 0 Å². The highest BCUT2D eigenvalue weighted by Gasteiger charge is 2.09. The number of hydrogen-bond acceptors (Lipinski definition) is 2. The van der Waals surface area contributed by atoms with Crippen molar-refractivity contribution in [2.75, 3.05) is 0 Å². The highest BCUT2D eigenvalue weighted by molar-refractivity contribution is 5.29. The van der Waals surface area contributed by atoms with Crippen LogP contribution in [0.1, 0.15) is 29.7 Å². The van der Waals surface area contributed by atoms with Crippen LogP contribution in [0, 0.1) is 11.6 Å². The number of hydrogen-bond donors (Lipinski definition) is 1. The van der Waals surface area contributed by atoms with Gasteiger partial charge in [-0.3, -0.25) is 0 Å². The van der Waals surface area contributed by atoms with E-state index >= 15 is 0 Å². The van der Waals surface area contributed by atoms with Gasteiger partial charge in [0.25, 0.3) is 0 Å². The molecule has 0 bridgehead atoms. The van der Waals surface area contributed by atoms with E-state index in [0.29, 0.717) is 18.7 Å². The Bertz CT molecular complexity index is 852. The minimum Gasteiger partial charge on any atom is -0.489 e. The van der Waals surface area contributed by atoms with Gasteiger partial charge < -0.3 is 10.1 Å². The summed E-state index contributed by atoms with van der Waals surface area (Å²) < 4.78 is 32.2. The molecule has 0 aliphatic rings. The van der Waals surface area contributed by atoms with E-state index in [1.807, 2.05) is 61.5 Å². The Kier molecular flexibility index (Phi) is 5.97. The van der Waals surface area contributed by atoms with E-state index in [4.69, 9.17) is 4.74 Å². The highest BCUT2D eigenvalue weighted by atomic mass is 19.2. The van der Waals surface area contributed by atoms with Crippen LogP contribution in [0.2, 0.25) is 0 Å². The maximum Gasteiger partial charge on any atom is 0.159 e. The maximum atomic E-state index is 13.4. The van der Waals surface area contributed by atoms with Gasteiger partial charge in [0, 0.05) is 12.6 Å². The van der Waals surface area contributed by atoms with E-state index in [1.165, 1.54) is 6.07 Å². The molecule has 0 aliphatic heterocycles. The number of benzene rings is 3. The molecule has 3 aromatic carbocycles. The third kappa shape index (κ3) is 4.90. The third-order valence-corrected chi connectivity index (χ3v) is 4.20. The summed E-state index contributed by atoms with van der Waals surface area (Å²) in [5.74, 6) is -0.856. The Morgan fingerprint density at radius 3 is 2.38 bits per heavy atom. The van der Waals surface area contributed by atoms with Gasteiger partial charge in [0.05, 0.1) is 0 Å². The summed E-state index contributed by atoms with van der Waals surface area (Å²) in [6.45, 7) is 3.04. The van der Waals surface area contributed by atoms with Crippen LogP contribution in [-0.2, 0) is 13.2 Å². The molecule has 134 valence electrons. The summed E-state index contributed by atoms with van der Waals surface area (Å²) in [5, 5.41) is 3.32. The van der Waals surface area contributed by atoms with Crippen LogP contribution >= 0.6 is 0 Å². The van der Waals surface area contributed by atoms with Crippen molar-refractivity contribution in [3.63, 3.8) is 0 Å². The van der Waals surface area contributed by atoms with Crippen LogP contribution in [0.5, 0.6) is 5.75 Å². The first-order chi connectivity index (χ1) is 12.6. The lowest BCUT2D eigenvalue weighted by Crippen LogP contribution is -2.18. The second-order valence-electron chi connectivity index (χ2n) is 6.20. The predicted molar refractivity (Wildman–Crippen MR) is 98.8 cm³/mol. The molecule has 0 saturated heterocycles. The molecule has 0 saturated carbocycles. The second kappa shape index (κ2) is 8.59. The van der Waals surface area contributed by atoms with Gasteiger partial charge in [0.2, 0.25) is 0 Å². The van der Waals surface area contributed by atoms with Crippen molar-refractivity contribution in [2.45, 2.75) is 26.1 Å². The van der Waals surface area contributed by atoms with Gasteiger partial charge in [-0.1, -0.05) is 48.5 Å².